The second-order valence-corrected chi connectivity index (χ2v) is 11.3. The molecular weight excluding hydrogens is 532 g/mol. The Labute approximate surface area is 234 Å². The summed E-state index contributed by atoms with van der Waals surface area (Å²) in [5.74, 6) is 0.409. The first-order chi connectivity index (χ1) is 19.1. The Morgan fingerprint density at radius 3 is 2.35 bits per heavy atom. The molecule has 0 unspecified atom stereocenters. The highest BCUT2D eigenvalue weighted by Crippen LogP contribution is 2.27. The molecule has 0 saturated carbocycles. The van der Waals surface area contributed by atoms with Gasteiger partial charge in [0, 0.05) is 31.5 Å². The molecule has 12 heteroatoms. The number of hydrogen-bond acceptors (Lipinski definition) is 7. The molecule has 3 aromatic rings. The van der Waals surface area contributed by atoms with Crippen LogP contribution in [0.2, 0.25) is 0 Å². The van der Waals surface area contributed by atoms with Crippen LogP contribution in [0.25, 0.3) is 10.8 Å². The number of nitrogens with two attached hydrogens (primary N) is 1. The van der Waals surface area contributed by atoms with Crippen LogP contribution in [0.15, 0.2) is 60.7 Å². The monoisotopic (exact) mass is 566 g/mol. The smallest absolute Gasteiger partial charge is 0.320 e. The van der Waals surface area contributed by atoms with Crippen LogP contribution in [-0.4, -0.2) is 63.8 Å². The SMILES string of the molecule is COC(=O)CNS(=O)(=O)N(Cc1ccc2ccc(C(=N)N)cc2c1)c1ccc(OC2CCN(C(C)=N)CC2)cc1. The highest BCUT2D eigenvalue weighted by molar-refractivity contribution is 7.90. The van der Waals surface area contributed by atoms with Crippen molar-refractivity contribution >= 4 is 44.3 Å². The molecule has 0 bridgehead atoms. The summed E-state index contributed by atoms with van der Waals surface area (Å²) in [6, 6.07) is 17.8. The largest absolute Gasteiger partial charge is 0.490 e. The number of rotatable bonds is 10. The van der Waals surface area contributed by atoms with Gasteiger partial charge in [0.25, 0.3) is 0 Å². The highest BCUT2D eigenvalue weighted by atomic mass is 32.2. The number of nitrogens with zero attached hydrogens (tertiary/aromatic N) is 2. The van der Waals surface area contributed by atoms with Gasteiger partial charge in [-0.2, -0.15) is 13.1 Å². The maximum absolute atomic E-state index is 13.4. The number of ether oxygens (including phenoxy) is 2. The lowest BCUT2D eigenvalue weighted by Gasteiger charge is -2.33. The van der Waals surface area contributed by atoms with Crippen LogP contribution in [0.4, 0.5) is 5.69 Å². The maximum Gasteiger partial charge on any atom is 0.320 e. The summed E-state index contributed by atoms with van der Waals surface area (Å²) in [5.41, 5.74) is 7.30. The van der Waals surface area contributed by atoms with Crippen molar-refractivity contribution in [2.75, 3.05) is 31.0 Å². The molecule has 212 valence electrons. The Morgan fingerprint density at radius 1 is 1.05 bits per heavy atom. The Balaban J connectivity index is 1.57. The van der Waals surface area contributed by atoms with Gasteiger partial charge in [0.1, 0.15) is 24.2 Å². The second-order valence-electron chi connectivity index (χ2n) is 9.60. The topological polar surface area (TPSA) is 162 Å². The maximum atomic E-state index is 13.4. The van der Waals surface area contributed by atoms with Crippen LogP contribution in [0.5, 0.6) is 5.75 Å². The number of methoxy groups -OCH3 is 1. The molecule has 0 spiro atoms. The minimum atomic E-state index is -4.15. The molecule has 0 aromatic heterocycles. The number of fused-ring (bicyclic) bond motifs is 1. The van der Waals surface area contributed by atoms with Gasteiger partial charge in [-0.3, -0.25) is 19.9 Å². The number of carbonyl (C=O) groups is 1. The molecule has 11 nitrogen and oxygen atoms in total. The van der Waals surface area contributed by atoms with E-state index in [1.165, 1.54) is 11.4 Å². The fourth-order valence-electron chi connectivity index (χ4n) is 4.54. The summed E-state index contributed by atoms with van der Waals surface area (Å²) < 4.78 is 40.9. The third kappa shape index (κ3) is 7.07. The number of nitrogen functional groups attached to an aromatic ring is 1. The van der Waals surface area contributed by atoms with Gasteiger partial charge in [-0.05, 0) is 59.7 Å². The minimum absolute atomic E-state index is 0.0144. The van der Waals surface area contributed by atoms with Crippen LogP contribution in [0.1, 0.15) is 30.9 Å². The Hall–Kier alpha value is -4.16. The molecule has 1 saturated heterocycles. The van der Waals surface area contributed by atoms with Crippen molar-refractivity contribution in [1.82, 2.24) is 9.62 Å². The van der Waals surface area contributed by atoms with Gasteiger partial charge >= 0.3 is 16.2 Å². The number of likely N-dealkylation sites (tertiary alicyclic amines) is 1. The first-order valence-corrected chi connectivity index (χ1v) is 14.3. The number of hydrogen-bond donors (Lipinski definition) is 4. The van der Waals surface area contributed by atoms with Crippen molar-refractivity contribution in [2.45, 2.75) is 32.4 Å². The van der Waals surface area contributed by atoms with Crippen molar-refractivity contribution in [3.05, 3.63) is 71.8 Å². The standard InChI is InChI=1S/C28H34N6O5S/c1-19(29)33-13-11-26(12-14-33)39-25-9-7-24(8-10-25)34(40(36,37)32-17-27(35)38-2)18-20-3-4-21-5-6-22(28(30)31)16-23(21)15-20/h3-10,15-16,26,29,32H,11-14,17-18H2,1-2H3,(H3,30,31). The van der Waals surface area contributed by atoms with Crippen molar-refractivity contribution in [3.8, 4) is 5.75 Å². The van der Waals surface area contributed by atoms with E-state index in [0.29, 0.717) is 28.4 Å². The lowest BCUT2D eigenvalue weighted by Crippen LogP contribution is -2.42. The van der Waals surface area contributed by atoms with Crippen LogP contribution in [0.3, 0.4) is 0 Å². The van der Waals surface area contributed by atoms with Crippen LogP contribution >= 0.6 is 0 Å². The van der Waals surface area contributed by atoms with E-state index < -0.39 is 22.7 Å². The number of benzene rings is 3. The number of anilines is 1. The summed E-state index contributed by atoms with van der Waals surface area (Å²) in [7, 11) is -2.96. The fraction of sp³-hybridized carbons (Fsp3) is 0.321. The summed E-state index contributed by atoms with van der Waals surface area (Å²) in [6.45, 7) is 2.77. The Bertz CT molecular complexity index is 1500. The zero-order valence-electron chi connectivity index (χ0n) is 22.5. The zero-order valence-corrected chi connectivity index (χ0v) is 23.3. The molecule has 0 amide bonds. The number of carbonyl (C=O) groups excluding carboxylic acids is 1. The molecule has 0 aliphatic carbocycles. The Kier molecular flexibility index (Phi) is 8.90. The van der Waals surface area contributed by atoms with Crippen molar-refractivity contribution in [1.29, 1.82) is 10.8 Å². The average Bonchev–Trinajstić information content (AvgIpc) is 2.95. The van der Waals surface area contributed by atoms with Gasteiger partial charge < -0.3 is 20.1 Å². The third-order valence-electron chi connectivity index (χ3n) is 6.80. The van der Waals surface area contributed by atoms with Gasteiger partial charge in [0.15, 0.2) is 0 Å². The number of nitrogens with one attached hydrogen (secondary N) is 3. The molecule has 40 heavy (non-hydrogen) atoms. The van der Waals surface area contributed by atoms with Crippen molar-refractivity contribution in [2.24, 2.45) is 5.73 Å². The predicted molar refractivity (Wildman–Crippen MR) is 155 cm³/mol. The lowest BCUT2D eigenvalue weighted by atomic mass is 10.0. The molecule has 0 radical (unpaired) electrons. The molecule has 1 aliphatic rings. The highest BCUT2D eigenvalue weighted by Gasteiger charge is 2.25. The van der Waals surface area contributed by atoms with E-state index in [9.17, 15) is 13.2 Å². The van der Waals surface area contributed by atoms with Gasteiger partial charge in [-0.25, -0.2) is 0 Å². The van der Waals surface area contributed by atoms with Gasteiger partial charge in [0.05, 0.1) is 25.2 Å². The molecular formula is C28H34N6O5S. The number of piperidine rings is 1. The first kappa shape index (κ1) is 28.8. The minimum Gasteiger partial charge on any atom is -0.490 e. The van der Waals surface area contributed by atoms with Crippen LogP contribution < -0.4 is 19.5 Å². The van der Waals surface area contributed by atoms with Crippen molar-refractivity contribution in [3.63, 3.8) is 0 Å². The molecule has 5 N–H and O–H groups in total. The van der Waals surface area contributed by atoms with Gasteiger partial charge in [-0.1, -0.05) is 24.3 Å². The van der Waals surface area contributed by atoms with E-state index >= 15 is 0 Å². The molecule has 3 aromatic carbocycles. The summed E-state index contributed by atoms with van der Waals surface area (Å²) >= 11 is 0. The summed E-state index contributed by atoms with van der Waals surface area (Å²) in [4.78, 5) is 13.7. The molecule has 1 aliphatic heterocycles. The fourth-order valence-corrected chi connectivity index (χ4v) is 5.71. The van der Waals surface area contributed by atoms with E-state index in [1.807, 2.05) is 29.2 Å². The van der Waals surface area contributed by atoms with Crippen LogP contribution in [-0.2, 0) is 26.3 Å². The molecule has 1 heterocycles. The number of amidine groups is 2. The Morgan fingerprint density at radius 2 is 1.73 bits per heavy atom. The van der Waals surface area contributed by atoms with E-state index in [0.717, 1.165) is 36.7 Å². The predicted octanol–water partition coefficient (Wildman–Crippen LogP) is 2.98. The van der Waals surface area contributed by atoms with E-state index in [1.54, 1.807) is 43.3 Å². The van der Waals surface area contributed by atoms with Crippen LogP contribution in [0, 0.1) is 10.8 Å². The summed E-state index contributed by atoms with van der Waals surface area (Å²) in [6.07, 6.45) is 1.60. The average molecular weight is 567 g/mol. The van der Waals surface area contributed by atoms with Crippen molar-refractivity contribution < 1.29 is 22.7 Å². The number of esters is 1. The van der Waals surface area contributed by atoms with E-state index in [-0.39, 0.29) is 18.5 Å². The van der Waals surface area contributed by atoms with E-state index in [4.69, 9.17) is 21.3 Å². The molecule has 0 atom stereocenters. The zero-order chi connectivity index (χ0) is 28.9. The molecule has 1 fully saturated rings. The molecule has 4 rings (SSSR count). The second kappa shape index (κ2) is 12.3. The van der Waals surface area contributed by atoms with Gasteiger partial charge in [0.2, 0.25) is 0 Å². The quantitative estimate of drug-likeness (QED) is 0.167. The summed E-state index contributed by atoms with van der Waals surface area (Å²) in [5, 5.41) is 17.2. The normalized spacial score (nSPS) is 14.1. The third-order valence-corrected chi connectivity index (χ3v) is 8.23. The van der Waals surface area contributed by atoms with Gasteiger partial charge in [-0.15, -0.1) is 0 Å². The lowest BCUT2D eigenvalue weighted by molar-refractivity contribution is -0.139. The first-order valence-electron chi connectivity index (χ1n) is 12.8. The van der Waals surface area contributed by atoms with E-state index in [2.05, 4.69) is 9.46 Å².